The Morgan fingerprint density at radius 1 is 1.40 bits per heavy atom. The van der Waals surface area contributed by atoms with Gasteiger partial charge in [-0.05, 0) is 25.7 Å². The topological polar surface area (TPSA) is 30.5 Å². The molecule has 2 unspecified atom stereocenters. The molecular formula is C12H23NO2. The number of nitrogens with one attached hydrogen (secondary N) is 1. The highest BCUT2D eigenvalue weighted by molar-refractivity contribution is 4.82. The SMILES string of the molecule is CCC(CNC1CC1)OCC1CCOC1. The molecule has 0 spiro atoms. The maximum atomic E-state index is 5.91. The summed E-state index contributed by atoms with van der Waals surface area (Å²) in [5, 5.41) is 3.53. The molecule has 0 radical (unpaired) electrons. The van der Waals surface area contributed by atoms with Crippen molar-refractivity contribution in [3.05, 3.63) is 0 Å². The third-order valence-electron chi connectivity index (χ3n) is 3.26. The van der Waals surface area contributed by atoms with E-state index in [0.29, 0.717) is 12.0 Å². The fourth-order valence-corrected chi connectivity index (χ4v) is 1.89. The van der Waals surface area contributed by atoms with Crippen LogP contribution in [0.2, 0.25) is 0 Å². The van der Waals surface area contributed by atoms with Crippen molar-refractivity contribution in [3.8, 4) is 0 Å². The maximum Gasteiger partial charge on any atom is 0.0697 e. The molecule has 1 aliphatic carbocycles. The summed E-state index contributed by atoms with van der Waals surface area (Å²) in [4.78, 5) is 0. The molecule has 15 heavy (non-hydrogen) atoms. The predicted molar refractivity (Wildman–Crippen MR) is 60.0 cm³/mol. The van der Waals surface area contributed by atoms with Gasteiger partial charge in [0.25, 0.3) is 0 Å². The fraction of sp³-hybridized carbons (Fsp3) is 1.00. The molecule has 2 atom stereocenters. The van der Waals surface area contributed by atoms with E-state index >= 15 is 0 Å². The summed E-state index contributed by atoms with van der Waals surface area (Å²) in [7, 11) is 0. The lowest BCUT2D eigenvalue weighted by atomic mass is 10.1. The van der Waals surface area contributed by atoms with Crippen LogP contribution in [-0.2, 0) is 9.47 Å². The van der Waals surface area contributed by atoms with Crippen molar-refractivity contribution in [1.82, 2.24) is 5.32 Å². The second-order valence-electron chi connectivity index (χ2n) is 4.78. The van der Waals surface area contributed by atoms with Crippen LogP contribution in [0.5, 0.6) is 0 Å². The van der Waals surface area contributed by atoms with Crippen LogP contribution in [0, 0.1) is 5.92 Å². The monoisotopic (exact) mass is 213 g/mol. The highest BCUT2D eigenvalue weighted by atomic mass is 16.5. The summed E-state index contributed by atoms with van der Waals surface area (Å²) in [6, 6.07) is 0.789. The molecule has 1 aliphatic heterocycles. The van der Waals surface area contributed by atoms with Gasteiger partial charge < -0.3 is 14.8 Å². The van der Waals surface area contributed by atoms with E-state index in [1.165, 1.54) is 19.3 Å². The minimum atomic E-state index is 0.395. The van der Waals surface area contributed by atoms with Gasteiger partial charge in [0, 0.05) is 25.1 Å². The number of ether oxygens (including phenoxy) is 2. The molecule has 1 N–H and O–H groups in total. The Hall–Kier alpha value is -0.120. The van der Waals surface area contributed by atoms with Gasteiger partial charge in [-0.1, -0.05) is 6.92 Å². The van der Waals surface area contributed by atoms with Crippen LogP contribution in [0.4, 0.5) is 0 Å². The van der Waals surface area contributed by atoms with Gasteiger partial charge in [-0.15, -0.1) is 0 Å². The minimum Gasteiger partial charge on any atom is -0.381 e. The van der Waals surface area contributed by atoms with E-state index < -0.39 is 0 Å². The lowest BCUT2D eigenvalue weighted by Gasteiger charge is -2.18. The summed E-state index contributed by atoms with van der Waals surface area (Å²) < 4.78 is 11.2. The molecular weight excluding hydrogens is 190 g/mol. The molecule has 3 nitrogen and oxygen atoms in total. The Morgan fingerprint density at radius 3 is 2.87 bits per heavy atom. The molecule has 1 saturated heterocycles. The summed E-state index contributed by atoms with van der Waals surface area (Å²) in [5.41, 5.74) is 0. The van der Waals surface area contributed by atoms with Gasteiger partial charge in [0.15, 0.2) is 0 Å². The third-order valence-corrected chi connectivity index (χ3v) is 3.26. The number of hydrogen-bond acceptors (Lipinski definition) is 3. The molecule has 88 valence electrons. The molecule has 1 heterocycles. The van der Waals surface area contributed by atoms with Gasteiger partial charge in [0.05, 0.1) is 19.3 Å². The Bertz CT molecular complexity index is 176. The second kappa shape index (κ2) is 5.83. The van der Waals surface area contributed by atoms with Crippen LogP contribution in [0.3, 0.4) is 0 Å². The van der Waals surface area contributed by atoms with Crippen molar-refractivity contribution in [2.24, 2.45) is 5.92 Å². The minimum absolute atomic E-state index is 0.395. The Labute approximate surface area is 92.5 Å². The van der Waals surface area contributed by atoms with E-state index in [1.54, 1.807) is 0 Å². The highest BCUT2D eigenvalue weighted by Gasteiger charge is 2.22. The first kappa shape index (κ1) is 11.4. The normalized spacial score (nSPS) is 28.2. The van der Waals surface area contributed by atoms with E-state index in [4.69, 9.17) is 9.47 Å². The largest absolute Gasteiger partial charge is 0.381 e. The first-order valence-electron chi connectivity index (χ1n) is 6.31. The zero-order valence-corrected chi connectivity index (χ0v) is 9.71. The molecule has 3 heteroatoms. The Kier molecular flexibility index (Phi) is 4.42. The predicted octanol–water partition coefficient (Wildman–Crippen LogP) is 1.57. The molecule has 2 aliphatic rings. The summed E-state index contributed by atoms with van der Waals surface area (Å²) in [6.07, 6.45) is 5.38. The Balaban J connectivity index is 1.56. The van der Waals surface area contributed by atoms with Crippen LogP contribution in [0.25, 0.3) is 0 Å². The van der Waals surface area contributed by atoms with E-state index in [-0.39, 0.29) is 0 Å². The van der Waals surface area contributed by atoms with Gasteiger partial charge in [-0.3, -0.25) is 0 Å². The molecule has 0 amide bonds. The van der Waals surface area contributed by atoms with Crippen molar-refractivity contribution >= 4 is 0 Å². The molecule has 0 aromatic rings. The smallest absolute Gasteiger partial charge is 0.0697 e. The standard InChI is InChI=1S/C12H23NO2/c1-2-12(7-13-11-3-4-11)15-9-10-5-6-14-8-10/h10-13H,2-9H2,1H3. The fourth-order valence-electron chi connectivity index (χ4n) is 1.89. The van der Waals surface area contributed by atoms with Crippen molar-refractivity contribution in [2.45, 2.75) is 44.8 Å². The molecule has 2 rings (SSSR count). The lowest BCUT2D eigenvalue weighted by molar-refractivity contribution is 0.0243. The van der Waals surface area contributed by atoms with Gasteiger partial charge >= 0.3 is 0 Å². The highest BCUT2D eigenvalue weighted by Crippen LogP contribution is 2.19. The van der Waals surface area contributed by atoms with Crippen molar-refractivity contribution < 1.29 is 9.47 Å². The zero-order chi connectivity index (χ0) is 10.5. The van der Waals surface area contributed by atoms with Crippen LogP contribution < -0.4 is 5.32 Å². The molecule has 0 bridgehead atoms. The number of hydrogen-bond donors (Lipinski definition) is 1. The van der Waals surface area contributed by atoms with Gasteiger partial charge in [-0.25, -0.2) is 0 Å². The quantitative estimate of drug-likeness (QED) is 0.696. The van der Waals surface area contributed by atoms with Gasteiger partial charge in [-0.2, -0.15) is 0 Å². The average molecular weight is 213 g/mol. The van der Waals surface area contributed by atoms with Crippen LogP contribution >= 0.6 is 0 Å². The zero-order valence-electron chi connectivity index (χ0n) is 9.71. The summed E-state index contributed by atoms with van der Waals surface area (Å²) >= 11 is 0. The first-order chi connectivity index (χ1) is 7.38. The third kappa shape index (κ3) is 4.09. The maximum absolute atomic E-state index is 5.91. The molecule has 2 fully saturated rings. The molecule has 1 saturated carbocycles. The lowest BCUT2D eigenvalue weighted by Crippen LogP contribution is -2.31. The van der Waals surface area contributed by atoms with E-state index in [9.17, 15) is 0 Å². The average Bonchev–Trinajstić information content (AvgIpc) is 2.94. The van der Waals surface area contributed by atoms with Crippen LogP contribution in [-0.4, -0.2) is 38.5 Å². The van der Waals surface area contributed by atoms with E-state index in [0.717, 1.165) is 38.8 Å². The molecule has 0 aromatic heterocycles. The van der Waals surface area contributed by atoms with Gasteiger partial charge in [0.2, 0.25) is 0 Å². The first-order valence-corrected chi connectivity index (χ1v) is 6.31. The van der Waals surface area contributed by atoms with E-state index in [2.05, 4.69) is 12.2 Å². The van der Waals surface area contributed by atoms with Crippen molar-refractivity contribution in [1.29, 1.82) is 0 Å². The molecule has 0 aromatic carbocycles. The van der Waals surface area contributed by atoms with Crippen molar-refractivity contribution in [3.63, 3.8) is 0 Å². The Morgan fingerprint density at radius 2 is 2.27 bits per heavy atom. The summed E-state index contributed by atoms with van der Waals surface area (Å²) in [5.74, 6) is 0.639. The van der Waals surface area contributed by atoms with E-state index in [1.807, 2.05) is 0 Å². The van der Waals surface area contributed by atoms with Gasteiger partial charge in [0.1, 0.15) is 0 Å². The second-order valence-corrected chi connectivity index (χ2v) is 4.78. The number of rotatable bonds is 7. The van der Waals surface area contributed by atoms with Crippen LogP contribution in [0.15, 0.2) is 0 Å². The van der Waals surface area contributed by atoms with Crippen LogP contribution in [0.1, 0.15) is 32.6 Å². The summed E-state index contributed by atoms with van der Waals surface area (Å²) in [6.45, 7) is 5.92. The van der Waals surface area contributed by atoms with Crippen molar-refractivity contribution in [2.75, 3.05) is 26.4 Å².